The van der Waals surface area contributed by atoms with E-state index in [2.05, 4.69) is 4.74 Å². The normalized spacial score (nSPS) is 11.3. The molecule has 0 aromatic carbocycles. The highest BCUT2D eigenvalue weighted by molar-refractivity contribution is 6.61. The molecule has 0 atom stereocenters. The molecule has 0 radical (unpaired) electrons. The Morgan fingerprint density at radius 3 is 2.70 bits per heavy atom. The summed E-state index contributed by atoms with van der Waals surface area (Å²) in [5.74, 6) is 0. The topological polar surface area (TPSA) is 26.3 Å². The van der Waals surface area contributed by atoms with E-state index in [9.17, 15) is 4.79 Å². The summed E-state index contributed by atoms with van der Waals surface area (Å²) in [6, 6.07) is 0. The Balaban J connectivity index is 3.43. The lowest BCUT2D eigenvalue weighted by Gasteiger charge is -1.95. The summed E-state index contributed by atoms with van der Waals surface area (Å²) in [7, 11) is 0. The zero-order valence-electron chi connectivity index (χ0n) is 6.19. The van der Waals surface area contributed by atoms with Crippen LogP contribution >= 0.6 is 11.6 Å². The summed E-state index contributed by atoms with van der Waals surface area (Å²) in [4.78, 5) is 10.0. The molecule has 0 aliphatic carbocycles. The lowest BCUT2D eigenvalue weighted by molar-refractivity contribution is 0.186. The van der Waals surface area contributed by atoms with Crippen molar-refractivity contribution in [3.05, 3.63) is 11.6 Å². The molecule has 0 amide bonds. The Bertz CT molecular complexity index is 141. The highest BCUT2D eigenvalue weighted by Gasteiger charge is 1.91. The van der Waals surface area contributed by atoms with Crippen LogP contribution in [0.25, 0.3) is 0 Å². The molecular weight excluding hydrogens is 152 g/mol. The first-order chi connectivity index (χ1) is 4.66. The molecule has 0 saturated carbocycles. The van der Waals surface area contributed by atoms with Gasteiger partial charge in [0, 0.05) is 11.6 Å². The molecule has 0 aliphatic rings. The second-order valence-electron chi connectivity index (χ2n) is 1.95. The third-order valence-corrected chi connectivity index (χ3v) is 1.30. The summed E-state index contributed by atoms with van der Waals surface area (Å²) >= 11 is 4.91. The average molecular weight is 163 g/mol. The van der Waals surface area contributed by atoms with Crippen molar-refractivity contribution in [2.45, 2.75) is 20.3 Å². The van der Waals surface area contributed by atoms with Crippen LogP contribution in [0.15, 0.2) is 11.6 Å². The Kier molecular flexibility index (Phi) is 5.03. The summed E-state index contributed by atoms with van der Waals surface area (Å²) in [6.07, 6.45) is 2.81. The van der Waals surface area contributed by atoms with Crippen molar-refractivity contribution < 1.29 is 9.53 Å². The molecule has 0 aromatic heterocycles. The number of hydrogen-bond donors (Lipinski definition) is 0. The highest BCUT2D eigenvalue weighted by atomic mass is 35.5. The molecule has 0 heterocycles. The van der Waals surface area contributed by atoms with Gasteiger partial charge in [-0.05, 0) is 19.4 Å². The molecule has 10 heavy (non-hydrogen) atoms. The van der Waals surface area contributed by atoms with Crippen molar-refractivity contribution in [3.63, 3.8) is 0 Å². The molecule has 0 spiro atoms. The highest BCUT2D eigenvalue weighted by Crippen LogP contribution is 1.97. The Labute approximate surface area is 65.8 Å². The predicted octanol–water partition coefficient (Wildman–Crippen LogP) is 2.72. The van der Waals surface area contributed by atoms with Crippen molar-refractivity contribution >= 4 is 17.0 Å². The van der Waals surface area contributed by atoms with Crippen LogP contribution < -0.4 is 0 Å². The number of rotatable bonds is 3. The quantitative estimate of drug-likeness (QED) is 0.471. The molecule has 2 nitrogen and oxygen atoms in total. The second-order valence-corrected chi connectivity index (χ2v) is 2.26. The number of carbonyl (C=O) groups is 1. The molecule has 0 rings (SSSR count). The van der Waals surface area contributed by atoms with E-state index in [4.69, 9.17) is 11.6 Å². The number of hydrogen-bond acceptors (Lipinski definition) is 2. The zero-order chi connectivity index (χ0) is 7.98. The molecule has 0 bridgehead atoms. The maximum Gasteiger partial charge on any atom is 0.404 e. The summed E-state index contributed by atoms with van der Waals surface area (Å²) in [6.45, 7) is 4.29. The first-order valence-corrected chi connectivity index (χ1v) is 3.52. The molecule has 0 N–H and O–H groups in total. The third kappa shape index (κ3) is 5.63. The van der Waals surface area contributed by atoms with E-state index in [-0.39, 0.29) is 6.61 Å². The van der Waals surface area contributed by atoms with Crippen molar-refractivity contribution in [1.82, 2.24) is 0 Å². The molecule has 0 saturated heterocycles. The summed E-state index contributed by atoms with van der Waals surface area (Å²) in [5, 5.41) is 0. The zero-order valence-corrected chi connectivity index (χ0v) is 6.94. The van der Waals surface area contributed by atoms with Crippen LogP contribution in [0.1, 0.15) is 20.3 Å². The minimum absolute atomic E-state index is 0.280. The van der Waals surface area contributed by atoms with Crippen molar-refractivity contribution in [2.75, 3.05) is 6.61 Å². The van der Waals surface area contributed by atoms with E-state index in [1.807, 2.05) is 19.9 Å². The molecule has 0 aromatic rings. The van der Waals surface area contributed by atoms with Gasteiger partial charge in [-0.1, -0.05) is 12.5 Å². The first kappa shape index (κ1) is 9.50. The van der Waals surface area contributed by atoms with Gasteiger partial charge in [-0.15, -0.1) is 0 Å². The van der Waals surface area contributed by atoms with Crippen molar-refractivity contribution in [1.29, 1.82) is 0 Å². The monoisotopic (exact) mass is 162 g/mol. The van der Waals surface area contributed by atoms with E-state index in [0.717, 1.165) is 6.42 Å². The lowest BCUT2D eigenvalue weighted by atomic mass is 10.2. The van der Waals surface area contributed by atoms with Crippen LogP contribution in [0.5, 0.6) is 0 Å². The number of ether oxygens (including phenoxy) is 1. The van der Waals surface area contributed by atoms with Crippen LogP contribution in [-0.2, 0) is 4.74 Å². The molecule has 58 valence electrons. The van der Waals surface area contributed by atoms with Gasteiger partial charge in [0.05, 0.1) is 0 Å². The van der Waals surface area contributed by atoms with E-state index in [1.54, 1.807) is 0 Å². The SMILES string of the molecule is CC/C(C)=C\COC(=O)Cl. The van der Waals surface area contributed by atoms with Crippen molar-refractivity contribution in [3.8, 4) is 0 Å². The van der Waals surface area contributed by atoms with Gasteiger partial charge in [0.1, 0.15) is 6.61 Å². The molecule has 3 heteroatoms. The molecular formula is C7H11ClO2. The molecule has 0 aliphatic heterocycles. The second kappa shape index (κ2) is 5.30. The number of halogens is 1. The van der Waals surface area contributed by atoms with Gasteiger partial charge in [-0.25, -0.2) is 4.79 Å². The lowest BCUT2D eigenvalue weighted by Crippen LogP contribution is -1.93. The third-order valence-electron chi connectivity index (χ3n) is 1.19. The number of allylic oxidation sites excluding steroid dienone is 1. The van der Waals surface area contributed by atoms with E-state index < -0.39 is 5.43 Å². The maximum atomic E-state index is 10.0. The molecule has 0 unspecified atom stereocenters. The van der Waals surface area contributed by atoms with E-state index >= 15 is 0 Å². The van der Waals surface area contributed by atoms with Crippen LogP contribution in [0, 0.1) is 0 Å². The largest absolute Gasteiger partial charge is 0.449 e. The Hall–Kier alpha value is -0.500. The van der Waals surface area contributed by atoms with E-state index in [1.165, 1.54) is 5.57 Å². The van der Waals surface area contributed by atoms with E-state index in [0.29, 0.717) is 0 Å². The molecule has 0 fully saturated rings. The number of carbonyl (C=O) groups excluding carboxylic acids is 1. The fraction of sp³-hybridized carbons (Fsp3) is 0.571. The summed E-state index contributed by atoms with van der Waals surface area (Å²) in [5.41, 5.74) is 0.443. The van der Waals surface area contributed by atoms with Crippen LogP contribution in [0.3, 0.4) is 0 Å². The van der Waals surface area contributed by atoms with Gasteiger partial charge >= 0.3 is 5.43 Å². The van der Waals surface area contributed by atoms with Crippen molar-refractivity contribution in [2.24, 2.45) is 0 Å². The maximum absolute atomic E-state index is 10.0. The Morgan fingerprint density at radius 1 is 1.70 bits per heavy atom. The standard InChI is InChI=1S/C7H11ClO2/c1-3-6(2)4-5-10-7(8)9/h4H,3,5H2,1-2H3/b6-4-. The fourth-order valence-electron chi connectivity index (χ4n) is 0.394. The van der Waals surface area contributed by atoms with Gasteiger partial charge in [-0.3, -0.25) is 0 Å². The summed E-state index contributed by atoms with van der Waals surface area (Å²) < 4.78 is 4.46. The van der Waals surface area contributed by atoms with Crippen LogP contribution in [0.2, 0.25) is 0 Å². The first-order valence-electron chi connectivity index (χ1n) is 3.14. The predicted molar refractivity (Wildman–Crippen MR) is 41.2 cm³/mol. The minimum Gasteiger partial charge on any atom is -0.449 e. The van der Waals surface area contributed by atoms with Gasteiger partial charge in [0.2, 0.25) is 0 Å². The van der Waals surface area contributed by atoms with Gasteiger partial charge in [0.25, 0.3) is 0 Å². The fourth-order valence-corrected chi connectivity index (χ4v) is 0.457. The van der Waals surface area contributed by atoms with Crippen LogP contribution in [0.4, 0.5) is 4.79 Å². The van der Waals surface area contributed by atoms with Gasteiger partial charge in [-0.2, -0.15) is 0 Å². The minimum atomic E-state index is -0.750. The smallest absolute Gasteiger partial charge is 0.404 e. The van der Waals surface area contributed by atoms with Gasteiger partial charge in [0.15, 0.2) is 0 Å². The van der Waals surface area contributed by atoms with Gasteiger partial charge < -0.3 is 4.74 Å². The Morgan fingerprint density at radius 2 is 2.30 bits per heavy atom. The van der Waals surface area contributed by atoms with Crippen LogP contribution in [-0.4, -0.2) is 12.0 Å². The average Bonchev–Trinajstić information content (AvgIpc) is 1.87.